The SMILES string of the molecule is Cc1nc(N2CCN(C(=O)c3ccco3)CC2)nc2c1ccc(=O)n2-c1ccc(C(=O)NCc2ccc(S(C)(=O)=O)cc2)cc1. The molecular weight excluding hydrogens is 596 g/mol. The highest BCUT2D eigenvalue weighted by Crippen LogP contribution is 2.22. The van der Waals surface area contributed by atoms with Gasteiger partial charge in [0.15, 0.2) is 21.2 Å². The average Bonchev–Trinajstić information content (AvgIpc) is 3.58. The van der Waals surface area contributed by atoms with E-state index in [1.165, 1.54) is 29.0 Å². The van der Waals surface area contributed by atoms with Gasteiger partial charge in [0.2, 0.25) is 5.95 Å². The molecule has 230 valence electrons. The predicted octanol–water partition coefficient (Wildman–Crippen LogP) is 2.98. The molecule has 0 radical (unpaired) electrons. The van der Waals surface area contributed by atoms with Crippen LogP contribution < -0.4 is 15.8 Å². The summed E-state index contributed by atoms with van der Waals surface area (Å²) in [5, 5.41) is 3.55. The van der Waals surface area contributed by atoms with Crippen LogP contribution in [0.25, 0.3) is 16.7 Å². The fourth-order valence-electron chi connectivity index (χ4n) is 5.21. The summed E-state index contributed by atoms with van der Waals surface area (Å²) in [7, 11) is -3.30. The summed E-state index contributed by atoms with van der Waals surface area (Å²) < 4.78 is 30.1. The molecule has 1 aliphatic rings. The van der Waals surface area contributed by atoms with E-state index in [-0.39, 0.29) is 28.8 Å². The van der Waals surface area contributed by atoms with Crippen LogP contribution in [-0.4, -0.2) is 72.1 Å². The number of nitrogens with zero attached hydrogens (tertiary/aromatic N) is 5. The molecule has 1 saturated heterocycles. The van der Waals surface area contributed by atoms with Gasteiger partial charge < -0.3 is 19.5 Å². The van der Waals surface area contributed by atoms with Crippen LogP contribution in [0.3, 0.4) is 0 Å². The molecule has 0 bridgehead atoms. The number of furan rings is 1. The molecule has 2 amide bonds. The van der Waals surface area contributed by atoms with E-state index in [0.717, 1.165) is 11.8 Å². The van der Waals surface area contributed by atoms with E-state index in [1.807, 2.05) is 11.8 Å². The maximum absolute atomic E-state index is 13.1. The third kappa shape index (κ3) is 6.20. The van der Waals surface area contributed by atoms with Gasteiger partial charge in [-0.25, -0.2) is 13.4 Å². The van der Waals surface area contributed by atoms with Crippen LogP contribution in [-0.2, 0) is 16.4 Å². The fraction of sp³-hybridized carbons (Fsp3) is 0.219. The van der Waals surface area contributed by atoms with Crippen LogP contribution >= 0.6 is 0 Å². The molecule has 13 heteroatoms. The number of rotatable bonds is 7. The van der Waals surface area contributed by atoms with Crippen molar-refractivity contribution < 1.29 is 22.4 Å². The second-order valence-electron chi connectivity index (χ2n) is 10.8. The second-order valence-corrected chi connectivity index (χ2v) is 12.8. The Balaban J connectivity index is 1.20. The number of aryl methyl sites for hydroxylation is 1. The Kier molecular flexibility index (Phi) is 7.94. The van der Waals surface area contributed by atoms with Crippen LogP contribution in [0.15, 0.2) is 93.2 Å². The first-order valence-electron chi connectivity index (χ1n) is 14.2. The zero-order valence-corrected chi connectivity index (χ0v) is 25.5. The lowest BCUT2D eigenvalue weighted by Gasteiger charge is -2.34. The molecule has 0 aliphatic carbocycles. The average molecular weight is 627 g/mol. The molecule has 4 heterocycles. The van der Waals surface area contributed by atoms with Gasteiger partial charge in [0, 0.05) is 56.0 Å². The summed E-state index contributed by atoms with van der Waals surface area (Å²) in [5.74, 6) is 0.286. The molecular formula is C32H30N6O6S. The van der Waals surface area contributed by atoms with Gasteiger partial charge in [-0.1, -0.05) is 12.1 Å². The molecule has 1 aliphatic heterocycles. The minimum atomic E-state index is -3.30. The number of nitrogens with one attached hydrogen (secondary N) is 1. The van der Waals surface area contributed by atoms with E-state index in [1.54, 1.807) is 59.5 Å². The Bertz CT molecular complexity index is 2050. The molecule has 0 saturated carbocycles. The highest BCUT2D eigenvalue weighted by molar-refractivity contribution is 7.90. The zero-order chi connectivity index (χ0) is 31.7. The molecule has 6 rings (SSSR count). The van der Waals surface area contributed by atoms with E-state index in [2.05, 4.69) is 5.32 Å². The molecule has 12 nitrogen and oxygen atoms in total. The number of carbonyl (C=O) groups is 2. The number of pyridine rings is 1. The number of fused-ring (bicyclic) bond motifs is 1. The number of hydrogen-bond acceptors (Lipinski definition) is 9. The van der Waals surface area contributed by atoms with E-state index in [4.69, 9.17) is 14.4 Å². The maximum atomic E-state index is 13.1. The Morgan fingerprint density at radius 3 is 2.27 bits per heavy atom. The monoisotopic (exact) mass is 626 g/mol. The Morgan fingerprint density at radius 1 is 0.911 bits per heavy atom. The minimum Gasteiger partial charge on any atom is -0.459 e. The predicted molar refractivity (Wildman–Crippen MR) is 167 cm³/mol. The van der Waals surface area contributed by atoms with Crippen molar-refractivity contribution >= 4 is 38.6 Å². The summed E-state index contributed by atoms with van der Waals surface area (Å²) in [6.45, 7) is 4.05. The number of hydrogen-bond donors (Lipinski definition) is 1. The van der Waals surface area contributed by atoms with E-state index in [0.29, 0.717) is 65.9 Å². The molecule has 2 aromatic carbocycles. The normalized spacial score (nSPS) is 13.6. The number of anilines is 1. The standard InChI is InChI=1S/C32H30N6O6S/c1-21-26-13-14-28(39)38(29(26)35-32(34-21)37-17-15-36(16-18-37)31(41)27-4-3-19-44-27)24-9-7-23(8-10-24)30(40)33-20-22-5-11-25(12-6-22)45(2,42)43/h3-14,19H,15-18,20H2,1-2H3,(H,33,40). The van der Waals surface area contributed by atoms with Crippen molar-refractivity contribution in [1.29, 1.82) is 0 Å². The summed E-state index contributed by atoms with van der Waals surface area (Å²) in [5.41, 5.74) is 2.55. The van der Waals surface area contributed by atoms with Gasteiger partial charge in [-0.05, 0) is 67.1 Å². The summed E-state index contributed by atoms with van der Waals surface area (Å²) in [4.78, 5) is 52.1. The van der Waals surface area contributed by atoms with Crippen molar-refractivity contribution in [3.05, 3.63) is 112 Å². The quantitative estimate of drug-likeness (QED) is 0.288. The molecule has 0 spiro atoms. The topological polar surface area (TPSA) is 148 Å². The minimum absolute atomic E-state index is 0.163. The van der Waals surface area contributed by atoms with E-state index < -0.39 is 9.84 Å². The number of aromatic nitrogens is 3. The van der Waals surface area contributed by atoms with Crippen LogP contribution in [0.5, 0.6) is 0 Å². The summed E-state index contributed by atoms with van der Waals surface area (Å²) >= 11 is 0. The smallest absolute Gasteiger partial charge is 0.289 e. The molecule has 1 N–H and O–H groups in total. The zero-order valence-electron chi connectivity index (χ0n) is 24.6. The van der Waals surface area contributed by atoms with Crippen molar-refractivity contribution in [2.45, 2.75) is 18.4 Å². The number of benzene rings is 2. The largest absolute Gasteiger partial charge is 0.459 e. The van der Waals surface area contributed by atoms with Gasteiger partial charge in [0.25, 0.3) is 17.4 Å². The molecule has 0 atom stereocenters. The Morgan fingerprint density at radius 2 is 1.62 bits per heavy atom. The maximum Gasteiger partial charge on any atom is 0.289 e. The highest BCUT2D eigenvalue weighted by atomic mass is 32.2. The second kappa shape index (κ2) is 12.0. The number of piperazine rings is 1. The van der Waals surface area contributed by atoms with Crippen LogP contribution in [0.4, 0.5) is 5.95 Å². The van der Waals surface area contributed by atoms with Gasteiger partial charge >= 0.3 is 0 Å². The van der Waals surface area contributed by atoms with E-state index in [9.17, 15) is 22.8 Å². The van der Waals surface area contributed by atoms with Gasteiger partial charge in [-0.2, -0.15) is 4.98 Å². The third-order valence-corrected chi connectivity index (χ3v) is 8.83. The van der Waals surface area contributed by atoms with Crippen molar-refractivity contribution in [2.75, 3.05) is 37.3 Å². The number of carbonyl (C=O) groups excluding carboxylic acids is 2. The van der Waals surface area contributed by atoms with Gasteiger partial charge in [-0.3, -0.25) is 19.0 Å². The molecule has 5 aromatic rings. The third-order valence-electron chi connectivity index (χ3n) is 7.70. The first-order chi connectivity index (χ1) is 21.6. The highest BCUT2D eigenvalue weighted by Gasteiger charge is 2.26. The first kappa shape index (κ1) is 29.8. The Labute approximate surface area is 258 Å². The van der Waals surface area contributed by atoms with Crippen molar-refractivity contribution in [1.82, 2.24) is 24.8 Å². The van der Waals surface area contributed by atoms with Gasteiger partial charge in [0.05, 0.1) is 22.5 Å². The van der Waals surface area contributed by atoms with Crippen molar-refractivity contribution in [2.24, 2.45) is 0 Å². The van der Waals surface area contributed by atoms with Crippen molar-refractivity contribution in [3.63, 3.8) is 0 Å². The summed E-state index contributed by atoms with van der Waals surface area (Å²) in [6, 6.07) is 19.5. The lowest BCUT2D eigenvalue weighted by Crippen LogP contribution is -2.49. The number of sulfone groups is 1. The fourth-order valence-corrected chi connectivity index (χ4v) is 5.84. The summed E-state index contributed by atoms with van der Waals surface area (Å²) in [6.07, 6.45) is 2.62. The van der Waals surface area contributed by atoms with Gasteiger partial charge in [-0.15, -0.1) is 0 Å². The molecule has 45 heavy (non-hydrogen) atoms. The van der Waals surface area contributed by atoms with E-state index >= 15 is 0 Å². The molecule has 0 unspecified atom stereocenters. The van der Waals surface area contributed by atoms with Gasteiger partial charge in [0.1, 0.15) is 0 Å². The first-order valence-corrected chi connectivity index (χ1v) is 16.1. The lowest BCUT2D eigenvalue weighted by atomic mass is 10.1. The van der Waals surface area contributed by atoms with Crippen LogP contribution in [0, 0.1) is 6.92 Å². The van der Waals surface area contributed by atoms with Crippen molar-refractivity contribution in [3.8, 4) is 5.69 Å². The van der Waals surface area contributed by atoms with Crippen LogP contribution in [0.2, 0.25) is 0 Å². The molecule has 3 aromatic heterocycles. The lowest BCUT2D eigenvalue weighted by molar-refractivity contribution is 0.0714. The molecule has 1 fully saturated rings. The number of amides is 2. The Hall–Kier alpha value is -5.30. The van der Waals surface area contributed by atoms with Crippen LogP contribution in [0.1, 0.15) is 32.2 Å².